The van der Waals surface area contributed by atoms with E-state index in [1.165, 1.54) is 0 Å². The summed E-state index contributed by atoms with van der Waals surface area (Å²) in [5.41, 5.74) is 0.500. The summed E-state index contributed by atoms with van der Waals surface area (Å²) in [4.78, 5) is 0. The molecule has 0 aromatic carbocycles. The molecule has 0 saturated heterocycles. The Kier molecular flexibility index (Phi) is 13.2. The van der Waals surface area contributed by atoms with Crippen molar-refractivity contribution in [1.29, 1.82) is 0 Å². The van der Waals surface area contributed by atoms with Gasteiger partial charge in [-0.1, -0.05) is 35.1 Å². The molecule has 0 nitrogen and oxygen atoms in total. The molecule has 0 amide bonds. The van der Waals surface area contributed by atoms with Crippen molar-refractivity contribution < 1.29 is 1.43 Å². The minimum absolute atomic E-state index is 0. The summed E-state index contributed by atoms with van der Waals surface area (Å²) in [7, 11) is 0. The van der Waals surface area contributed by atoms with E-state index in [1.54, 1.807) is 0 Å². The average molecular weight is 119 g/mol. The summed E-state index contributed by atoms with van der Waals surface area (Å²) < 4.78 is 0. The molecule has 0 aliphatic rings. The van der Waals surface area contributed by atoms with Gasteiger partial charge in [0.05, 0.1) is 0 Å². The van der Waals surface area contributed by atoms with Crippen LogP contribution < -0.4 is 0 Å². The van der Waals surface area contributed by atoms with Crippen molar-refractivity contribution >= 4 is 0 Å². The SMILES string of the molecule is C.C=C.CC(C)(C)C.[2HH]. The molecule has 0 atom stereocenters. The summed E-state index contributed by atoms with van der Waals surface area (Å²) in [5.74, 6) is 0. The quantitative estimate of drug-likeness (QED) is 0.426. The standard InChI is InChI=1S/C5H12.C2H4.CH4.H2/c1-5(2,3)4;1-2;;/h1-4H3;1-2H2;1H4;1H/i;;;1+1. The highest BCUT2D eigenvalue weighted by molar-refractivity contribution is 4.47. The van der Waals surface area contributed by atoms with Gasteiger partial charge in [-0.05, 0) is 5.41 Å². The molecule has 0 heterocycles. The predicted molar refractivity (Wildman–Crippen MR) is 45.2 cm³/mol. The first-order valence-electron chi connectivity index (χ1n) is 2.50. The summed E-state index contributed by atoms with van der Waals surface area (Å²) in [5, 5.41) is 0. The fraction of sp³-hybridized carbons (Fsp3) is 0.750. The van der Waals surface area contributed by atoms with Gasteiger partial charge in [0.2, 0.25) is 0 Å². The Hall–Kier alpha value is -0.260. The van der Waals surface area contributed by atoms with Crippen molar-refractivity contribution in [3.8, 4) is 0 Å². The van der Waals surface area contributed by atoms with E-state index < -0.39 is 0 Å². The maximum Gasteiger partial charge on any atom is 0 e. The lowest BCUT2D eigenvalue weighted by Crippen LogP contribution is -1.93. The van der Waals surface area contributed by atoms with Crippen LogP contribution >= 0.6 is 0 Å². The van der Waals surface area contributed by atoms with Crippen molar-refractivity contribution in [2.45, 2.75) is 35.1 Å². The Balaban J connectivity index is -0.0000000286. The zero-order valence-electron chi connectivity index (χ0n) is 5.91. The maximum atomic E-state index is 3.00. The first-order chi connectivity index (χ1) is 3.00. The van der Waals surface area contributed by atoms with Gasteiger partial charge in [-0.2, -0.15) is 0 Å². The molecule has 0 unspecified atom stereocenters. The molecule has 0 aliphatic carbocycles. The molecule has 0 bridgehead atoms. The van der Waals surface area contributed by atoms with Crippen LogP contribution in [0.25, 0.3) is 0 Å². The Morgan fingerprint density at radius 2 is 1.00 bits per heavy atom. The van der Waals surface area contributed by atoms with E-state index in [0.717, 1.165) is 0 Å². The van der Waals surface area contributed by atoms with E-state index in [9.17, 15) is 0 Å². The Morgan fingerprint density at radius 1 is 1.00 bits per heavy atom. The van der Waals surface area contributed by atoms with Crippen LogP contribution in [0.2, 0.25) is 0 Å². The molecular weight excluding hydrogens is 96.1 g/mol. The highest BCUT2D eigenvalue weighted by atomic mass is 14.0. The van der Waals surface area contributed by atoms with E-state index in [1.807, 2.05) is 0 Å². The second kappa shape index (κ2) is 6.74. The smallest absolute Gasteiger partial charge is 0 e. The third-order valence-corrected chi connectivity index (χ3v) is 0. The lowest BCUT2D eigenvalue weighted by atomic mass is 10.0. The fourth-order valence-electron chi connectivity index (χ4n) is 0. The van der Waals surface area contributed by atoms with Crippen molar-refractivity contribution in [2.75, 3.05) is 0 Å². The van der Waals surface area contributed by atoms with Gasteiger partial charge in [0.1, 0.15) is 0 Å². The summed E-state index contributed by atoms with van der Waals surface area (Å²) in [6, 6.07) is 0. The van der Waals surface area contributed by atoms with Crippen LogP contribution in [-0.4, -0.2) is 0 Å². The van der Waals surface area contributed by atoms with Gasteiger partial charge < -0.3 is 0 Å². The number of hydrogen-bond acceptors (Lipinski definition) is 0. The van der Waals surface area contributed by atoms with Gasteiger partial charge in [0.15, 0.2) is 0 Å². The van der Waals surface area contributed by atoms with Crippen LogP contribution in [0.1, 0.15) is 36.5 Å². The zero-order valence-corrected chi connectivity index (χ0v) is 5.91. The van der Waals surface area contributed by atoms with Gasteiger partial charge in [0.25, 0.3) is 0 Å². The van der Waals surface area contributed by atoms with Crippen LogP contribution in [0, 0.1) is 5.41 Å². The van der Waals surface area contributed by atoms with Gasteiger partial charge >= 0.3 is 0 Å². The molecule has 54 valence electrons. The van der Waals surface area contributed by atoms with Gasteiger partial charge in [-0.15, -0.1) is 13.2 Å². The van der Waals surface area contributed by atoms with Crippen molar-refractivity contribution in [2.24, 2.45) is 5.41 Å². The van der Waals surface area contributed by atoms with Crippen molar-refractivity contribution in [3.05, 3.63) is 13.2 Å². The highest BCUT2D eigenvalue weighted by Crippen LogP contribution is 2.07. The predicted octanol–water partition coefficient (Wildman–Crippen LogP) is 3.74. The third kappa shape index (κ3) is 1910. The van der Waals surface area contributed by atoms with Crippen LogP contribution in [0.4, 0.5) is 0 Å². The Bertz CT molecular complexity index is 28.3. The molecular formula is C8H22. The van der Waals surface area contributed by atoms with E-state index in [-0.39, 0.29) is 8.85 Å². The van der Waals surface area contributed by atoms with Crippen molar-refractivity contribution in [3.63, 3.8) is 0 Å². The van der Waals surface area contributed by atoms with E-state index in [2.05, 4.69) is 40.9 Å². The minimum Gasteiger partial charge on any atom is -0.106 e. The molecule has 8 heavy (non-hydrogen) atoms. The van der Waals surface area contributed by atoms with Crippen LogP contribution in [0.5, 0.6) is 0 Å². The van der Waals surface area contributed by atoms with Crippen LogP contribution in [0.15, 0.2) is 13.2 Å². The van der Waals surface area contributed by atoms with Crippen molar-refractivity contribution in [1.82, 2.24) is 0 Å². The van der Waals surface area contributed by atoms with Crippen LogP contribution in [0.3, 0.4) is 0 Å². The zero-order chi connectivity index (χ0) is 6.50. The molecule has 0 fully saturated rings. The highest BCUT2D eigenvalue weighted by Gasteiger charge is 1.95. The van der Waals surface area contributed by atoms with Gasteiger partial charge in [-0.25, -0.2) is 0 Å². The topological polar surface area (TPSA) is 0 Å². The van der Waals surface area contributed by atoms with E-state index >= 15 is 0 Å². The molecule has 0 aliphatic heterocycles. The Labute approximate surface area is 56.1 Å². The summed E-state index contributed by atoms with van der Waals surface area (Å²) >= 11 is 0. The first-order valence-corrected chi connectivity index (χ1v) is 2.50. The lowest BCUT2D eigenvalue weighted by Gasteiger charge is -2.05. The maximum absolute atomic E-state index is 3.00. The molecule has 0 aromatic rings. The summed E-state index contributed by atoms with van der Waals surface area (Å²) in [6.07, 6.45) is 0. The minimum atomic E-state index is 0. The van der Waals surface area contributed by atoms with Gasteiger partial charge in [0, 0.05) is 1.43 Å². The average Bonchev–Trinajstić information content (AvgIpc) is 1.36. The summed E-state index contributed by atoms with van der Waals surface area (Å²) in [6.45, 7) is 14.8. The largest absolute Gasteiger partial charge is 0.106 e. The molecule has 0 aromatic heterocycles. The molecule has 0 spiro atoms. The lowest BCUT2D eigenvalue weighted by molar-refractivity contribution is 0.469. The Morgan fingerprint density at radius 3 is 1.00 bits per heavy atom. The monoisotopic (exact) mass is 119 g/mol. The number of rotatable bonds is 0. The molecule has 0 saturated carbocycles. The molecule has 0 rings (SSSR count). The molecule has 0 radical (unpaired) electrons. The first kappa shape index (κ1) is 15.6. The van der Waals surface area contributed by atoms with E-state index in [0.29, 0.717) is 5.41 Å². The molecule has 0 heteroatoms. The molecule has 0 N–H and O–H groups in total. The fourth-order valence-corrected chi connectivity index (χ4v) is 0. The third-order valence-electron chi connectivity index (χ3n) is 0. The van der Waals surface area contributed by atoms with Gasteiger partial charge in [-0.3, -0.25) is 0 Å². The number of hydrogen-bond donors (Lipinski definition) is 0. The second-order valence-electron chi connectivity index (χ2n) is 3.00. The van der Waals surface area contributed by atoms with Crippen LogP contribution in [-0.2, 0) is 0 Å². The van der Waals surface area contributed by atoms with E-state index in [4.69, 9.17) is 0 Å². The normalized spacial score (nSPS) is 8.00. The second-order valence-corrected chi connectivity index (χ2v) is 3.00.